The second-order valence-corrected chi connectivity index (χ2v) is 6.07. The largest absolute Gasteiger partial charge is 2.00 e. The van der Waals surface area contributed by atoms with E-state index in [1.165, 1.54) is 0 Å². The van der Waals surface area contributed by atoms with E-state index in [0.717, 1.165) is 11.1 Å². The van der Waals surface area contributed by atoms with Crippen molar-refractivity contribution in [3.8, 4) is 11.5 Å². The molecule has 0 fully saturated rings. The van der Waals surface area contributed by atoms with Gasteiger partial charge in [-0.2, -0.15) is 36.4 Å². The second-order valence-electron chi connectivity index (χ2n) is 5.53. The van der Waals surface area contributed by atoms with Crippen molar-refractivity contribution in [1.82, 2.24) is 0 Å². The van der Waals surface area contributed by atoms with Crippen LogP contribution in [0.5, 0.6) is 11.5 Å². The Morgan fingerprint density at radius 1 is 0.586 bits per heavy atom. The van der Waals surface area contributed by atoms with E-state index in [4.69, 9.17) is 33.4 Å². The van der Waals surface area contributed by atoms with Crippen LogP contribution < -0.4 is 0 Å². The summed E-state index contributed by atoms with van der Waals surface area (Å²) in [5, 5.41) is 17.8. The van der Waals surface area contributed by atoms with Crippen molar-refractivity contribution < 1.29 is 36.4 Å². The van der Waals surface area contributed by atoms with Crippen molar-refractivity contribution in [2.75, 3.05) is 0 Å². The Hall–Kier alpha value is -1.80. The van der Waals surface area contributed by atoms with Crippen LogP contribution in [0.3, 0.4) is 0 Å². The Labute approximate surface area is 202 Å². The maximum Gasteiger partial charge on any atom is 2.00 e. The fourth-order valence-electron chi connectivity index (χ4n) is 1.92. The van der Waals surface area contributed by atoms with Crippen LogP contribution in [-0.2, 0) is 38.0 Å². The zero-order valence-corrected chi connectivity index (χ0v) is 19.9. The Balaban J connectivity index is 0.000000369. The summed E-state index contributed by atoms with van der Waals surface area (Å²) in [6, 6.07) is 33.8. The van der Waals surface area contributed by atoms with Gasteiger partial charge >= 0.3 is 26.2 Å². The Morgan fingerprint density at radius 3 is 1.10 bits per heavy atom. The molecule has 0 aliphatic carbocycles. The van der Waals surface area contributed by atoms with Gasteiger partial charge in [-0.3, -0.25) is 0 Å². The smallest absolute Gasteiger partial charge is 0.508 e. The predicted molar refractivity (Wildman–Crippen MR) is 119 cm³/mol. The fourth-order valence-corrected chi connectivity index (χ4v) is 2.25. The van der Waals surface area contributed by atoms with Gasteiger partial charge in [-0.15, -0.1) is 23.2 Å². The van der Waals surface area contributed by atoms with Gasteiger partial charge in [0.05, 0.1) is 0 Å². The molecule has 4 aromatic rings. The van der Waals surface area contributed by atoms with Gasteiger partial charge in [0.15, 0.2) is 0 Å². The van der Waals surface area contributed by atoms with Crippen LogP contribution >= 0.6 is 23.2 Å². The zero-order chi connectivity index (χ0) is 20.5. The van der Waals surface area contributed by atoms with Gasteiger partial charge in [0.2, 0.25) is 0 Å². The Morgan fingerprint density at radius 2 is 0.931 bits per heavy atom. The van der Waals surface area contributed by atoms with E-state index in [2.05, 4.69) is 0 Å². The number of hydrogen-bond acceptors (Lipinski definition) is 2. The molecule has 2 N–H and O–H groups in total. The first-order valence-corrected chi connectivity index (χ1v) is 9.73. The maximum atomic E-state index is 8.89. The first kappa shape index (κ1) is 27.2. The second kappa shape index (κ2) is 18.2. The molecule has 0 aliphatic rings. The molecule has 150 valence electrons. The van der Waals surface area contributed by atoms with Crippen LogP contribution in [0.15, 0.2) is 109 Å². The van der Waals surface area contributed by atoms with Crippen LogP contribution in [0.4, 0.5) is 0 Å². The summed E-state index contributed by atoms with van der Waals surface area (Å²) < 4.78 is 0. The molecule has 0 saturated heterocycles. The van der Waals surface area contributed by atoms with Gasteiger partial charge in [0.1, 0.15) is 11.5 Å². The number of rotatable bonds is 2. The van der Waals surface area contributed by atoms with Gasteiger partial charge in [-0.25, -0.2) is 24.3 Å². The molecule has 4 aromatic carbocycles. The Kier molecular flexibility index (Phi) is 17.1. The standard InChI is InChI=1S/2C7H7ClO.2C5H5.Zr/c2*8-5-6-2-1-3-7(9)4-6;2*1-2-4-5-3-1;/h2*1-4,9H,5H2;2*1-5H;/q;;2*-1;+2. The molecule has 0 amide bonds. The Bertz CT molecular complexity index is 726. The van der Waals surface area contributed by atoms with Crippen molar-refractivity contribution in [3.63, 3.8) is 0 Å². The van der Waals surface area contributed by atoms with Gasteiger partial charge in [0, 0.05) is 11.8 Å². The zero-order valence-electron chi connectivity index (χ0n) is 16.0. The fraction of sp³-hybridized carbons (Fsp3) is 0.0833. The minimum absolute atomic E-state index is 0. The first-order chi connectivity index (χ1) is 13.7. The summed E-state index contributed by atoms with van der Waals surface area (Å²) >= 11 is 11.0. The molecule has 2 nitrogen and oxygen atoms in total. The molecule has 0 atom stereocenters. The third kappa shape index (κ3) is 14.8. The van der Waals surface area contributed by atoms with Crippen LogP contribution in [0, 0.1) is 0 Å². The van der Waals surface area contributed by atoms with Gasteiger partial charge in [-0.05, 0) is 35.4 Å². The molecule has 0 aliphatic heterocycles. The summed E-state index contributed by atoms with van der Waals surface area (Å²) in [6.07, 6.45) is 0. The molecule has 0 unspecified atom stereocenters. The van der Waals surface area contributed by atoms with Gasteiger partial charge < -0.3 is 10.2 Å². The number of hydrogen-bond donors (Lipinski definition) is 2. The topological polar surface area (TPSA) is 40.5 Å². The molecule has 0 bridgehead atoms. The molecule has 29 heavy (non-hydrogen) atoms. The predicted octanol–water partition coefficient (Wildman–Crippen LogP) is 7.07. The minimum atomic E-state index is 0. The number of phenols is 2. The summed E-state index contributed by atoms with van der Waals surface area (Å²) in [5.41, 5.74) is 1.88. The molecule has 0 aromatic heterocycles. The van der Waals surface area contributed by atoms with E-state index in [1.54, 1.807) is 36.4 Å². The van der Waals surface area contributed by atoms with E-state index in [1.807, 2.05) is 72.8 Å². The SMILES string of the molecule is Oc1cccc(CCl)c1.Oc1cccc(CCl)c1.[Zr+2].c1cc[cH-]c1.c1cc[cH-]c1. The van der Waals surface area contributed by atoms with Crippen molar-refractivity contribution >= 4 is 23.2 Å². The van der Waals surface area contributed by atoms with Gasteiger partial charge in [0.25, 0.3) is 0 Å². The van der Waals surface area contributed by atoms with Crippen LogP contribution in [0.2, 0.25) is 0 Å². The normalized spacial score (nSPS) is 8.62. The van der Waals surface area contributed by atoms with Crippen molar-refractivity contribution in [2.45, 2.75) is 11.8 Å². The van der Waals surface area contributed by atoms with E-state index in [0.29, 0.717) is 11.8 Å². The molecule has 5 heteroatoms. The third-order valence-corrected chi connectivity index (χ3v) is 3.86. The number of phenolic OH excluding ortho intramolecular Hbond substituents is 2. The number of halogens is 2. The van der Waals surface area contributed by atoms with Crippen LogP contribution in [0.1, 0.15) is 11.1 Å². The minimum Gasteiger partial charge on any atom is -0.508 e. The van der Waals surface area contributed by atoms with E-state index < -0.39 is 0 Å². The third-order valence-electron chi connectivity index (χ3n) is 3.24. The number of aromatic hydroxyl groups is 2. The molecule has 0 radical (unpaired) electrons. The van der Waals surface area contributed by atoms with Crippen molar-refractivity contribution in [1.29, 1.82) is 0 Å². The van der Waals surface area contributed by atoms with Gasteiger partial charge in [-0.1, -0.05) is 24.3 Å². The quantitative estimate of drug-likeness (QED) is 0.226. The van der Waals surface area contributed by atoms with Crippen molar-refractivity contribution in [2.24, 2.45) is 0 Å². The van der Waals surface area contributed by atoms with Crippen LogP contribution in [0.25, 0.3) is 0 Å². The molecule has 0 saturated carbocycles. The summed E-state index contributed by atoms with van der Waals surface area (Å²) in [5.74, 6) is 1.45. The number of alkyl halides is 2. The monoisotopic (exact) mass is 504 g/mol. The van der Waals surface area contributed by atoms with E-state index >= 15 is 0 Å². The number of benzene rings is 2. The summed E-state index contributed by atoms with van der Waals surface area (Å²) in [4.78, 5) is 0. The molecule has 0 spiro atoms. The average Bonchev–Trinajstić information content (AvgIpc) is 3.47. The molecular formula is C24H24Cl2O2Zr. The molecule has 4 rings (SSSR count). The van der Waals surface area contributed by atoms with Crippen molar-refractivity contribution in [3.05, 3.63) is 120 Å². The average molecular weight is 507 g/mol. The summed E-state index contributed by atoms with van der Waals surface area (Å²) in [6.45, 7) is 0. The molecule has 0 heterocycles. The van der Waals surface area contributed by atoms with Crippen LogP contribution in [-0.4, -0.2) is 10.2 Å². The van der Waals surface area contributed by atoms with E-state index in [9.17, 15) is 0 Å². The first-order valence-electron chi connectivity index (χ1n) is 8.66. The molecular weight excluding hydrogens is 482 g/mol. The maximum absolute atomic E-state index is 8.89. The summed E-state index contributed by atoms with van der Waals surface area (Å²) in [7, 11) is 0. The van der Waals surface area contributed by atoms with E-state index in [-0.39, 0.29) is 37.7 Å².